The highest BCUT2D eigenvalue weighted by Crippen LogP contribution is 2.46. The maximum Gasteiger partial charge on any atom is 0.220 e. The van der Waals surface area contributed by atoms with Crippen LogP contribution < -0.4 is 23.5 Å². The molecule has 3 aromatic carbocycles. The van der Waals surface area contributed by atoms with Gasteiger partial charge in [0.15, 0.2) is 29.2 Å². The molecule has 32 heavy (non-hydrogen) atoms. The molecular formula is C26H24NO5+. The molecule has 0 spiro atoms. The van der Waals surface area contributed by atoms with Gasteiger partial charge < -0.3 is 23.4 Å². The van der Waals surface area contributed by atoms with Crippen molar-refractivity contribution in [1.29, 1.82) is 0 Å². The van der Waals surface area contributed by atoms with Crippen molar-refractivity contribution in [1.82, 2.24) is 0 Å². The lowest BCUT2D eigenvalue weighted by Gasteiger charge is -2.16. The number of aromatic nitrogens is 1. The average molecular weight is 430 g/mol. The first kappa shape index (κ1) is 20.0. The summed E-state index contributed by atoms with van der Waals surface area (Å²) in [5, 5.41) is 5.26. The molecule has 0 radical (unpaired) electrons. The van der Waals surface area contributed by atoms with Gasteiger partial charge in [-0.05, 0) is 30.3 Å². The van der Waals surface area contributed by atoms with Gasteiger partial charge in [0, 0.05) is 21.9 Å². The molecule has 0 fully saturated rings. The van der Waals surface area contributed by atoms with Crippen LogP contribution in [0, 0.1) is 0 Å². The number of aryl methyl sites for hydroxylation is 1. The maximum atomic E-state index is 5.76. The molecule has 0 atom stereocenters. The lowest BCUT2D eigenvalue weighted by molar-refractivity contribution is -0.642. The number of benzene rings is 3. The molecule has 0 bridgehead atoms. The SMILES string of the molecule is COc1cc2c(ccc3c4ccc(OC)c(OC)c4c[n+](C)c23)c(-c2ccoc2)c1OC. The summed E-state index contributed by atoms with van der Waals surface area (Å²) >= 11 is 0. The number of hydrogen-bond acceptors (Lipinski definition) is 5. The van der Waals surface area contributed by atoms with E-state index >= 15 is 0 Å². The summed E-state index contributed by atoms with van der Waals surface area (Å²) in [5.41, 5.74) is 2.94. The van der Waals surface area contributed by atoms with Crippen molar-refractivity contribution in [3.8, 4) is 34.1 Å². The Balaban J connectivity index is 1.98. The number of nitrogens with zero attached hydrogens (tertiary/aromatic N) is 1. The number of pyridine rings is 1. The Morgan fingerprint density at radius 2 is 1.41 bits per heavy atom. The van der Waals surface area contributed by atoms with Gasteiger partial charge in [-0.25, -0.2) is 0 Å². The predicted octanol–water partition coefficient (Wildman–Crippen LogP) is 5.27. The molecule has 0 amide bonds. The van der Waals surface area contributed by atoms with Crippen molar-refractivity contribution in [2.24, 2.45) is 7.05 Å². The summed E-state index contributed by atoms with van der Waals surface area (Å²) in [5.74, 6) is 2.76. The van der Waals surface area contributed by atoms with Gasteiger partial charge in [0.25, 0.3) is 0 Å². The minimum absolute atomic E-state index is 0.663. The number of methoxy groups -OCH3 is 4. The summed E-state index contributed by atoms with van der Waals surface area (Å²) < 4.78 is 30.2. The van der Waals surface area contributed by atoms with Crippen molar-refractivity contribution >= 4 is 32.4 Å². The number of fused-ring (bicyclic) bond motifs is 5. The number of ether oxygens (including phenoxy) is 4. The summed E-state index contributed by atoms with van der Waals surface area (Å²) in [6.45, 7) is 0. The second-order valence-corrected chi connectivity index (χ2v) is 7.56. The topological polar surface area (TPSA) is 53.9 Å². The van der Waals surface area contributed by atoms with Crippen LogP contribution in [-0.4, -0.2) is 28.4 Å². The highest BCUT2D eigenvalue weighted by molar-refractivity contribution is 6.18. The lowest BCUT2D eigenvalue weighted by atomic mass is 9.94. The first-order chi connectivity index (χ1) is 15.6. The zero-order valence-electron chi connectivity index (χ0n) is 18.7. The van der Waals surface area contributed by atoms with Crippen LogP contribution in [0.5, 0.6) is 23.0 Å². The largest absolute Gasteiger partial charge is 0.493 e. The minimum atomic E-state index is 0.663. The molecule has 6 heteroatoms. The molecule has 0 saturated heterocycles. The summed E-state index contributed by atoms with van der Waals surface area (Å²) in [4.78, 5) is 0. The molecule has 6 nitrogen and oxygen atoms in total. The number of furan rings is 1. The van der Waals surface area contributed by atoms with E-state index in [0.29, 0.717) is 23.0 Å². The van der Waals surface area contributed by atoms with Gasteiger partial charge in [0.05, 0.1) is 57.1 Å². The third-order valence-corrected chi connectivity index (χ3v) is 6.00. The third kappa shape index (κ3) is 2.76. The number of hydrogen-bond donors (Lipinski definition) is 0. The summed E-state index contributed by atoms with van der Waals surface area (Å²) in [7, 11) is 8.65. The lowest BCUT2D eigenvalue weighted by Crippen LogP contribution is -2.28. The minimum Gasteiger partial charge on any atom is -0.493 e. The van der Waals surface area contributed by atoms with E-state index in [4.69, 9.17) is 23.4 Å². The molecule has 0 aliphatic heterocycles. The molecule has 0 aliphatic carbocycles. The average Bonchev–Trinajstić information content (AvgIpc) is 3.35. The Morgan fingerprint density at radius 3 is 2.06 bits per heavy atom. The third-order valence-electron chi connectivity index (χ3n) is 6.00. The first-order valence-corrected chi connectivity index (χ1v) is 10.2. The fourth-order valence-electron chi connectivity index (χ4n) is 4.63. The fourth-order valence-corrected chi connectivity index (χ4v) is 4.63. The van der Waals surface area contributed by atoms with Gasteiger partial charge >= 0.3 is 0 Å². The maximum absolute atomic E-state index is 5.76. The Morgan fingerprint density at radius 1 is 0.688 bits per heavy atom. The van der Waals surface area contributed by atoms with Gasteiger partial charge in [0.2, 0.25) is 5.52 Å². The van der Waals surface area contributed by atoms with Crippen molar-refractivity contribution in [3.05, 3.63) is 55.1 Å². The Kier molecular flexibility index (Phi) is 4.78. The highest BCUT2D eigenvalue weighted by atomic mass is 16.5. The van der Waals surface area contributed by atoms with Crippen LogP contribution in [0.15, 0.2) is 59.5 Å². The van der Waals surface area contributed by atoms with Gasteiger partial charge in [-0.15, -0.1) is 0 Å². The Hall–Kier alpha value is -3.93. The second kappa shape index (κ2) is 7.64. The smallest absolute Gasteiger partial charge is 0.220 e. The standard InChI is InChI=1S/C26H24NO5/c1-27-13-20-16(8-9-21(28-2)25(20)30-4)18-7-6-17-19(24(18)27)12-22(29-3)26(31-5)23(17)15-10-11-32-14-15/h6-14H,1-5H3/q+1. The van der Waals surface area contributed by atoms with Crippen LogP contribution in [0.25, 0.3) is 43.6 Å². The molecular weight excluding hydrogens is 406 g/mol. The zero-order chi connectivity index (χ0) is 22.4. The van der Waals surface area contributed by atoms with E-state index in [9.17, 15) is 0 Å². The van der Waals surface area contributed by atoms with Crippen LogP contribution >= 0.6 is 0 Å². The van der Waals surface area contributed by atoms with Gasteiger partial charge in [-0.1, -0.05) is 6.07 Å². The molecule has 162 valence electrons. The van der Waals surface area contributed by atoms with Gasteiger partial charge in [0.1, 0.15) is 7.05 Å². The quantitative estimate of drug-likeness (QED) is 0.281. The van der Waals surface area contributed by atoms with Crippen LogP contribution in [0.2, 0.25) is 0 Å². The summed E-state index contributed by atoms with van der Waals surface area (Å²) in [6.07, 6.45) is 5.46. The second-order valence-electron chi connectivity index (χ2n) is 7.56. The Labute approximate surface area is 185 Å². The normalized spacial score (nSPS) is 11.3. The van der Waals surface area contributed by atoms with E-state index < -0.39 is 0 Å². The first-order valence-electron chi connectivity index (χ1n) is 10.2. The van der Waals surface area contributed by atoms with E-state index in [1.807, 2.05) is 25.2 Å². The number of rotatable bonds is 5. The molecule has 5 aromatic rings. The van der Waals surface area contributed by atoms with Crippen LogP contribution in [-0.2, 0) is 7.05 Å². The van der Waals surface area contributed by atoms with E-state index in [1.165, 1.54) is 0 Å². The molecule has 2 heterocycles. The van der Waals surface area contributed by atoms with Gasteiger partial charge in [-0.3, -0.25) is 0 Å². The molecule has 0 unspecified atom stereocenters. The van der Waals surface area contributed by atoms with Crippen molar-refractivity contribution in [3.63, 3.8) is 0 Å². The van der Waals surface area contributed by atoms with Gasteiger partial charge in [-0.2, -0.15) is 4.57 Å². The monoisotopic (exact) mass is 430 g/mol. The molecule has 2 aromatic heterocycles. The van der Waals surface area contributed by atoms with Crippen LogP contribution in [0.4, 0.5) is 0 Å². The fraction of sp³-hybridized carbons (Fsp3) is 0.192. The zero-order valence-corrected chi connectivity index (χ0v) is 18.7. The predicted molar refractivity (Wildman–Crippen MR) is 124 cm³/mol. The van der Waals surface area contributed by atoms with Crippen LogP contribution in [0.1, 0.15) is 0 Å². The van der Waals surface area contributed by atoms with E-state index in [2.05, 4.69) is 29.0 Å². The molecule has 0 N–H and O–H groups in total. The molecule has 5 rings (SSSR count). The summed E-state index contributed by atoms with van der Waals surface area (Å²) in [6, 6.07) is 12.2. The molecule has 0 saturated carbocycles. The van der Waals surface area contributed by atoms with E-state index in [-0.39, 0.29) is 0 Å². The highest BCUT2D eigenvalue weighted by Gasteiger charge is 2.24. The van der Waals surface area contributed by atoms with E-state index in [0.717, 1.165) is 43.6 Å². The molecule has 0 aliphatic rings. The van der Waals surface area contributed by atoms with E-state index in [1.54, 1.807) is 41.0 Å². The van der Waals surface area contributed by atoms with Crippen LogP contribution in [0.3, 0.4) is 0 Å². The van der Waals surface area contributed by atoms with Crippen molar-refractivity contribution < 1.29 is 27.9 Å². The Bertz CT molecular complexity index is 1470. The van der Waals surface area contributed by atoms with Crippen molar-refractivity contribution in [2.75, 3.05) is 28.4 Å². The van der Waals surface area contributed by atoms with Crippen molar-refractivity contribution in [2.45, 2.75) is 0 Å².